The van der Waals surface area contributed by atoms with E-state index in [4.69, 9.17) is 23.8 Å². The number of anilines is 2. The Morgan fingerprint density at radius 2 is 2.11 bits per heavy atom. The van der Waals surface area contributed by atoms with E-state index in [0.717, 1.165) is 11.3 Å². The summed E-state index contributed by atoms with van der Waals surface area (Å²) in [5.41, 5.74) is 1.82. The number of aromatic nitrogens is 2. The molecule has 2 aromatic rings. The molecule has 18 heavy (non-hydrogen) atoms. The van der Waals surface area contributed by atoms with Crippen LogP contribution in [0.2, 0.25) is 5.02 Å². The Hall–Kier alpha value is -1.72. The standard InChI is InChI=1S/C12H11ClN4S/c1-8-3-2-4-9(13)11(8)17-12(18)16-10-5-6-14-7-15-10/h2-7H,1H3,(H2,14,15,16,17,18). The molecule has 0 unspecified atom stereocenters. The first-order valence-corrected chi connectivity index (χ1v) is 6.04. The minimum atomic E-state index is 0.435. The molecule has 92 valence electrons. The monoisotopic (exact) mass is 278 g/mol. The van der Waals surface area contributed by atoms with Gasteiger partial charge in [-0.05, 0) is 36.8 Å². The summed E-state index contributed by atoms with van der Waals surface area (Å²) in [6.45, 7) is 1.96. The van der Waals surface area contributed by atoms with Gasteiger partial charge in [-0.25, -0.2) is 9.97 Å². The van der Waals surface area contributed by atoms with Gasteiger partial charge in [0, 0.05) is 6.20 Å². The number of nitrogens with one attached hydrogen (secondary N) is 2. The molecule has 0 amide bonds. The van der Waals surface area contributed by atoms with E-state index in [1.165, 1.54) is 6.33 Å². The molecule has 6 heteroatoms. The molecule has 1 aromatic carbocycles. The van der Waals surface area contributed by atoms with Crippen LogP contribution in [-0.4, -0.2) is 15.1 Å². The number of aryl methyl sites for hydroxylation is 1. The van der Waals surface area contributed by atoms with E-state index in [1.54, 1.807) is 12.3 Å². The van der Waals surface area contributed by atoms with Crippen LogP contribution in [0.15, 0.2) is 36.8 Å². The second-order valence-electron chi connectivity index (χ2n) is 3.61. The number of halogens is 1. The van der Waals surface area contributed by atoms with Crippen LogP contribution >= 0.6 is 23.8 Å². The van der Waals surface area contributed by atoms with Crippen LogP contribution in [0, 0.1) is 6.92 Å². The fourth-order valence-electron chi connectivity index (χ4n) is 1.42. The summed E-state index contributed by atoms with van der Waals surface area (Å²) in [6.07, 6.45) is 3.09. The first-order chi connectivity index (χ1) is 8.66. The Morgan fingerprint density at radius 1 is 1.28 bits per heavy atom. The van der Waals surface area contributed by atoms with E-state index < -0.39 is 0 Å². The number of nitrogens with zero attached hydrogens (tertiary/aromatic N) is 2. The van der Waals surface area contributed by atoms with Crippen molar-refractivity contribution in [2.24, 2.45) is 0 Å². The molecule has 0 radical (unpaired) electrons. The van der Waals surface area contributed by atoms with Gasteiger partial charge >= 0.3 is 0 Å². The van der Waals surface area contributed by atoms with Gasteiger partial charge in [-0.2, -0.15) is 0 Å². The fraction of sp³-hybridized carbons (Fsp3) is 0.0833. The average molecular weight is 279 g/mol. The second-order valence-corrected chi connectivity index (χ2v) is 4.42. The van der Waals surface area contributed by atoms with Crippen molar-refractivity contribution in [1.29, 1.82) is 0 Å². The number of rotatable bonds is 2. The lowest BCUT2D eigenvalue weighted by atomic mass is 10.2. The van der Waals surface area contributed by atoms with Crippen LogP contribution in [-0.2, 0) is 0 Å². The first kappa shape index (κ1) is 12.7. The molecule has 2 N–H and O–H groups in total. The van der Waals surface area contributed by atoms with Gasteiger partial charge in [-0.3, -0.25) is 0 Å². The molecule has 0 saturated carbocycles. The third kappa shape index (κ3) is 3.15. The fourth-order valence-corrected chi connectivity index (χ4v) is 1.89. The lowest BCUT2D eigenvalue weighted by Crippen LogP contribution is -2.20. The summed E-state index contributed by atoms with van der Waals surface area (Å²) in [7, 11) is 0. The lowest BCUT2D eigenvalue weighted by molar-refractivity contribution is 1.17. The average Bonchev–Trinajstić information content (AvgIpc) is 2.35. The molecule has 2 rings (SSSR count). The van der Waals surface area contributed by atoms with Crippen molar-refractivity contribution < 1.29 is 0 Å². The highest BCUT2D eigenvalue weighted by atomic mass is 35.5. The zero-order valence-electron chi connectivity index (χ0n) is 9.64. The quantitative estimate of drug-likeness (QED) is 0.826. The minimum absolute atomic E-state index is 0.435. The molecule has 0 saturated heterocycles. The van der Waals surface area contributed by atoms with E-state index in [9.17, 15) is 0 Å². The van der Waals surface area contributed by atoms with Crippen molar-refractivity contribution in [3.8, 4) is 0 Å². The van der Waals surface area contributed by atoms with Gasteiger partial charge < -0.3 is 10.6 Å². The Kier molecular flexibility index (Phi) is 4.07. The SMILES string of the molecule is Cc1cccc(Cl)c1NC(=S)Nc1ccncn1. The van der Waals surface area contributed by atoms with Crippen molar-refractivity contribution in [3.63, 3.8) is 0 Å². The maximum Gasteiger partial charge on any atom is 0.176 e. The lowest BCUT2D eigenvalue weighted by Gasteiger charge is -2.13. The van der Waals surface area contributed by atoms with Crippen molar-refractivity contribution in [2.75, 3.05) is 10.6 Å². The maximum absolute atomic E-state index is 6.10. The summed E-state index contributed by atoms with van der Waals surface area (Å²) >= 11 is 11.3. The van der Waals surface area contributed by atoms with E-state index >= 15 is 0 Å². The highest BCUT2D eigenvalue weighted by Gasteiger charge is 2.05. The van der Waals surface area contributed by atoms with Crippen molar-refractivity contribution in [3.05, 3.63) is 47.4 Å². The van der Waals surface area contributed by atoms with Crippen LogP contribution in [0.5, 0.6) is 0 Å². The molecule has 1 aromatic heterocycles. The highest BCUT2D eigenvalue weighted by Crippen LogP contribution is 2.25. The summed E-state index contributed by atoms with van der Waals surface area (Å²) < 4.78 is 0. The van der Waals surface area contributed by atoms with E-state index in [-0.39, 0.29) is 0 Å². The zero-order chi connectivity index (χ0) is 13.0. The molecule has 0 bridgehead atoms. The molecule has 0 fully saturated rings. The normalized spacial score (nSPS) is 9.89. The smallest absolute Gasteiger partial charge is 0.176 e. The largest absolute Gasteiger partial charge is 0.331 e. The summed E-state index contributed by atoms with van der Waals surface area (Å²) in [5, 5.41) is 7.07. The van der Waals surface area contributed by atoms with Gasteiger partial charge in [0.15, 0.2) is 5.11 Å². The van der Waals surface area contributed by atoms with Gasteiger partial charge in [-0.15, -0.1) is 0 Å². The topological polar surface area (TPSA) is 49.8 Å². The third-order valence-corrected chi connectivity index (χ3v) is 2.80. The van der Waals surface area contributed by atoms with E-state index in [1.807, 2.05) is 25.1 Å². The zero-order valence-corrected chi connectivity index (χ0v) is 11.2. The van der Waals surface area contributed by atoms with Crippen LogP contribution in [0.4, 0.5) is 11.5 Å². The van der Waals surface area contributed by atoms with Crippen molar-refractivity contribution >= 4 is 40.4 Å². The molecule has 4 nitrogen and oxygen atoms in total. The van der Waals surface area contributed by atoms with Gasteiger partial charge in [0.25, 0.3) is 0 Å². The molecule has 0 aliphatic carbocycles. The molecular formula is C12H11ClN4S. The van der Waals surface area contributed by atoms with E-state index in [2.05, 4.69) is 20.6 Å². The Balaban J connectivity index is 2.08. The first-order valence-electron chi connectivity index (χ1n) is 5.26. The molecule has 0 spiro atoms. The van der Waals surface area contributed by atoms with Crippen LogP contribution < -0.4 is 10.6 Å². The van der Waals surface area contributed by atoms with Gasteiger partial charge in [0.1, 0.15) is 12.1 Å². The predicted molar refractivity (Wildman–Crippen MR) is 78.1 cm³/mol. The molecule has 0 aliphatic heterocycles. The Bertz CT molecular complexity index is 539. The number of hydrogen-bond acceptors (Lipinski definition) is 3. The maximum atomic E-state index is 6.10. The summed E-state index contributed by atoms with van der Waals surface area (Å²) in [5.74, 6) is 0.632. The number of thiocarbonyl (C=S) groups is 1. The Morgan fingerprint density at radius 3 is 2.78 bits per heavy atom. The predicted octanol–water partition coefficient (Wildman–Crippen LogP) is 3.25. The highest BCUT2D eigenvalue weighted by molar-refractivity contribution is 7.80. The Labute approximate surface area is 115 Å². The van der Waals surface area contributed by atoms with Crippen molar-refractivity contribution in [1.82, 2.24) is 9.97 Å². The third-order valence-electron chi connectivity index (χ3n) is 2.28. The number of para-hydroxylation sites is 1. The molecular weight excluding hydrogens is 268 g/mol. The van der Waals surface area contributed by atoms with Gasteiger partial charge in [-0.1, -0.05) is 23.7 Å². The molecule has 1 heterocycles. The van der Waals surface area contributed by atoms with Gasteiger partial charge in [0.2, 0.25) is 0 Å². The molecule has 0 aliphatic rings. The summed E-state index contributed by atoms with van der Waals surface area (Å²) in [4.78, 5) is 7.85. The van der Waals surface area contributed by atoms with E-state index in [0.29, 0.717) is 16.0 Å². The molecule has 0 atom stereocenters. The minimum Gasteiger partial charge on any atom is -0.331 e. The summed E-state index contributed by atoms with van der Waals surface area (Å²) in [6, 6.07) is 7.39. The van der Waals surface area contributed by atoms with Crippen LogP contribution in [0.25, 0.3) is 0 Å². The van der Waals surface area contributed by atoms with Crippen LogP contribution in [0.3, 0.4) is 0 Å². The number of hydrogen-bond donors (Lipinski definition) is 2. The number of benzene rings is 1. The van der Waals surface area contributed by atoms with Gasteiger partial charge in [0.05, 0.1) is 10.7 Å². The van der Waals surface area contributed by atoms with Crippen LogP contribution in [0.1, 0.15) is 5.56 Å². The van der Waals surface area contributed by atoms with Crippen molar-refractivity contribution in [2.45, 2.75) is 6.92 Å². The second kappa shape index (κ2) is 5.75.